The monoisotopic (exact) mass is 281 g/mol. The lowest BCUT2D eigenvalue weighted by Gasteiger charge is -2.13. The summed E-state index contributed by atoms with van der Waals surface area (Å²) in [5.41, 5.74) is 2.04. The van der Waals surface area contributed by atoms with Crippen LogP contribution in [-0.2, 0) is 0 Å². The van der Waals surface area contributed by atoms with Gasteiger partial charge in [0, 0.05) is 5.39 Å². The van der Waals surface area contributed by atoms with Crippen molar-refractivity contribution in [1.82, 2.24) is 15.5 Å². The first-order valence-corrected chi connectivity index (χ1v) is 6.68. The van der Waals surface area contributed by atoms with Gasteiger partial charge in [0.2, 0.25) is 0 Å². The minimum atomic E-state index is -0.247. The zero-order valence-corrected chi connectivity index (χ0v) is 11.5. The molecule has 2 aromatic carbocycles. The van der Waals surface area contributed by atoms with Crippen LogP contribution in [-0.4, -0.2) is 21.2 Å². The molecule has 0 saturated heterocycles. The fraction of sp³-hybridized carbons (Fsp3) is 0.125. The zero-order chi connectivity index (χ0) is 14.8. The van der Waals surface area contributed by atoms with E-state index in [0.717, 1.165) is 16.5 Å². The zero-order valence-electron chi connectivity index (χ0n) is 11.5. The standard InChI is InChI=1S/C16H15N3O2/c1-10(11-5-4-6-12(20)9-11)17-16(21)15-13-7-2-3-8-14(13)18-19-15/h2-10,20H,1H3,(H,17,21)(H,18,19). The van der Waals surface area contributed by atoms with Crippen molar-refractivity contribution in [2.75, 3.05) is 0 Å². The van der Waals surface area contributed by atoms with Gasteiger partial charge in [0.05, 0.1) is 11.6 Å². The first kappa shape index (κ1) is 13.2. The Morgan fingerprint density at radius 2 is 2.05 bits per heavy atom. The van der Waals surface area contributed by atoms with E-state index in [2.05, 4.69) is 15.5 Å². The number of amides is 1. The van der Waals surface area contributed by atoms with Crippen LogP contribution >= 0.6 is 0 Å². The Bertz CT molecular complexity index is 795. The number of H-pyrrole nitrogens is 1. The highest BCUT2D eigenvalue weighted by Crippen LogP contribution is 2.19. The first-order chi connectivity index (χ1) is 10.1. The lowest BCUT2D eigenvalue weighted by Crippen LogP contribution is -2.27. The predicted molar refractivity (Wildman–Crippen MR) is 80.1 cm³/mol. The van der Waals surface area contributed by atoms with Gasteiger partial charge in [0.25, 0.3) is 5.91 Å². The lowest BCUT2D eigenvalue weighted by atomic mass is 10.1. The third-order valence-electron chi connectivity index (χ3n) is 3.40. The van der Waals surface area contributed by atoms with E-state index in [9.17, 15) is 9.90 Å². The van der Waals surface area contributed by atoms with Crippen molar-refractivity contribution in [2.24, 2.45) is 0 Å². The quantitative estimate of drug-likeness (QED) is 0.690. The van der Waals surface area contributed by atoms with Crippen molar-refractivity contribution in [3.05, 3.63) is 59.8 Å². The van der Waals surface area contributed by atoms with E-state index in [-0.39, 0.29) is 17.7 Å². The van der Waals surface area contributed by atoms with Crippen molar-refractivity contribution in [1.29, 1.82) is 0 Å². The number of aromatic hydroxyl groups is 1. The molecule has 3 N–H and O–H groups in total. The molecule has 0 aliphatic heterocycles. The Kier molecular flexibility index (Phi) is 3.31. The number of nitrogens with one attached hydrogen (secondary N) is 2. The van der Waals surface area contributed by atoms with E-state index >= 15 is 0 Å². The van der Waals surface area contributed by atoms with Crippen molar-refractivity contribution >= 4 is 16.8 Å². The van der Waals surface area contributed by atoms with Crippen molar-refractivity contribution < 1.29 is 9.90 Å². The normalized spacial score (nSPS) is 12.2. The molecule has 21 heavy (non-hydrogen) atoms. The predicted octanol–water partition coefficient (Wildman–Crippen LogP) is 2.76. The maximum atomic E-state index is 12.3. The fourth-order valence-corrected chi connectivity index (χ4v) is 2.28. The number of fused-ring (bicyclic) bond motifs is 1. The number of rotatable bonds is 3. The van der Waals surface area contributed by atoms with Crippen molar-refractivity contribution in [2.45, 2.75) is 13.0 Å². The Labute approximate surface area is 121 Å². The average molecular weight is 281 g/mol. The van der Waals surface area contributed by atoms with Gasteiger partial charge in [-0.3, -0.25) is 9.89 Å². The SMILES string of the molecule is CC(NC(=O)c1n[nH]c2ccccc12)c1cccc(O)c1. The van der Waals surface area contributed by atoms with Crippen LogP contribution in [0, 0.1) is 0 Å². The molecular weight excluding hydrogens is 266 g/mol. The van der Waals surface area contributed by atoms with E-state index in [0.29, 0.717) is 5.69 Å². The van der Waals surface area contributed by atoms with Crippen LogP contribution in [0.15, 0.2) is 48.5 Å². The number of nitrogens with zero attached hydrogens (tertiary/aromatic N) is 1. The van der Waals surface area contributed by atoms with Gasteiger partial charge in [0.1, 0.15) is 5.75 Å². The van der Waals surface area contributed by atoms with Crippen LogP contribution < -0.4 is 5.32 Å². The van der Waals surface area contributed by atoms with Gasteiger partial charge in [-0.2, -0.15) is 5.10 Å². The number of carbonyl (C=O) groups excluding carboxylic acids is 1. The summed E-state index contributed by atoms with van der Waals surface area (Å²) in [4.78, 5) is 12.3. The highest BCUT2D eigenvalue weighted by Gasteiger charge is 2.16. The summed E-state index contributed by atoms with van der Waals surface area (Å²) in [5.74, 6) is -0.0675. The molecule has 1 amide bonds. The molecule has 0 radical (unpaired) electrons. The molecule has 1 atom stereocenters. The van der Waals surface area contributed by atoms with Crippen LogP contribution in [0.25, 0.3) is 10.9 Å². The van der Waals surface area contributed by atoms with E-state index < -0.39 is 0 Å². The number of para-hydroxylation sites is 1. The molecule has 106 valence electrons. The highest BCUT2D eigenvalue weighted by molar-refractivity contribution is 6.04. The second-order valence-electron chi connectivity index (χ2n) is 4.91. The molecule has 5 nitrogen and oxygen atoms in total. The van der Waals surface area contributed by atoms with Gasteiger partial charge in [-0.1, -0.05) is 30.3 Å². The number of hydrogen-bond acceptors (Lipinski definition) is 3. The van der Waals surface area contributed by atoms with Crippen molar-refractivity contribution in [3.63, 3.8) is 0 Å². The third kappa shape index (κ3) is 2.58. The van der Waals surface area contributed by atoms with Gasteiger partial charge >= 0.3 is 0 Å². The van der Waals surface area contributed by atoms with Gasteiger partial charge in [0.15, 0.2) is 5.69 Å². The van der Waals surface area contributed by atoms with E-state index in [1.807, 2.05) is 37.3 Å². The fourth-order valence-electron chi connectivity index (χ4n) is 2.28. The van der Waals surface area contributed by atoms with Gasteiger partial charge in [-0.05, 0) is 30.7 Å². The summed E-state index contributed by atoms with van der Waals surface area (Å²) in [6.45, 7) is 1.86. The summed E-state index contributed by atoms with van der Waals surface area (Å²) >= 11 is 0. The number of aromatic amines is 1. The Balaban J connectivity index is 1.83. The van der Waals surface area contributed by atoms with Gasteiger partial charge < -0.3 is 10.4 Å². The summed E-state index contributed by atoms with van der Waals surface area (Å²) in [5, 5.41) is 20.1. The smallest absolute Gasteiger partial charge is 0.272 e. The summed E-state index contributed by atoms with van der Waals surface area (Å²) in [7, 11) is 0. The molecule has 1 heterocycles. The Morgan fingerprint density at radius 3 is 2.86 bits per heavy atom. The molecule has 0 aliphatic carbocycles. The molecule has 3 rings (SSSR count). The number of phenols is 1. The molecule has 0 bridgehead atoms. The summed E-state index contributed by atoms with van der Waals surface area (Å²) in [6, 6.07) is 14.1. The number of carbonyl (C=O) groups is 1. The van der Waals surface area contributed by atoms with Crippen LogP contribution in [0.1, 0.15) is 29.0 Å². The average Bonchev–Trinajstić information content (AvgIpc) is 2.91. The van der Waals surface area contributed by atoms with E-state index in [1.54, 1.807) is 18.2 Å². The van der Waals surface area contributed by atoms with Gasteiger partial charge in [-0.15, -0.1) is 0 Å². The highest BCUT2D eigenvalue weighted by atomic mass is 16.3. The van der Waals surface area contributed by atoms with Crippen LogP contribution in [0.4, 0.5) is 0 Å². The van der Waals surface area contributed by atoms with Gasteiger partial charge in [-0.25, -0.2) is 0 Å². The van der Waals surface area contributed by atoms with E-state index in [4.69, 9.17) is 0 Å². The Morgan fingerprint density at radius 1 is 1.24 bits per heavy atom. The molecule has 0 aliphatic rings. The summed E-state index contributed by atoms with van der Waals surface area (Å²) < 4.78 is 0. The number of aromatic nitrogens is 2. The second-order valence-corrected chi connectivity index (χ2v) is 4.91. The van der Waals surface area contributed by atoms with Crippen LogP contribution in [0.3, 0.4) is 0 Å². The topological polar surface area (TPSA) is 78.0 Å². The molecule has 0 saturated carbocycles. The van der Waals surface area contributed by atoms with E-state index in [1.165, 1.54) is 0 Å². The molecule has 0 spiro atoms. The lowest BCUT2D eigenvalue weighted by molar-refractivity contribution is 0.0936. The van der Waals surface area contributed by atoms with Crippen LogP contribution in [0.5, 0.6) is 5.75 Å². The minimum Gasteiger partial charge on any atom is -0.508 e. The second kappa shape index (κ2) is 5.28. The number of hydrogen-bond donors (Lipinski definition) is 3. The largest absolute Gasteiger partial charge is 0.508 e. The Hall–Kier alpha value is -2.82. The maximum Gasteiger partial charge on any atom is 0.272 e. The number of benzene rings is 2. The maximum absolute atomic E-state index is 12.3. The minimum absolute atomic E-state index is 0.179. The molecule has 0 fully saturated rings. The molecule has 5 heteroatoms. The summed E-state index contributed by atoms with van der Waals surface area (Å²) in [6.07, 6.45) is 0. The van der Waals surface area contributed by atoms with Crippen molar-refractivity contribution in [3.8, 4) is 5.75 Å². The first-order valence-electron chi connectivity index (χ1n) is 6.68. The molecule has 3 aromatic rings. The molecule has 1 unspecified atom stereocenters. The number of phenolic OH excluding ortho intramolecular Hbond substituents is 1. The molecule has 1 aromatic heterocycles. The van der Waals surface area contributed by atoms with Crippen LogP contribution in [0.2, 0.25) is 0 Å². The molecular formula is C16H15N3O2. The third-order valence-corrected chi connectivity index (χ3v) is 3.40.